The van der Waals surface area contributed by atoms with E-state index >= 15 is 0 Å². The van der Waals surface area contributed by atoms with E-state index in [-0.39, 0.29) is 6.04 Å². The van der Waals surface area contributed by atoms with E-state index in [4.69, 9.17) is 34.2 Å². The van der Waals surface area contributed by atoms with Gasteiger partial charge in [-0.1, -0.05) is 60.7 Å². The molecule has 38 heavy (non-hydrogen) atoms. The molecule has 2 N–H and O–H groups in total. The third-order valence-corrected chi connectivity index (χ3v) is 6.41. The molecule has 0 saturated carbocycles. The van der Waals surface area contributed by atoms with Crippen LogP contribution in [0.25, 0.3) is 32.7 Å². The molecule has 0 radical (unpaired) electrons. The molecule has 200 valence electrons. The lowest BCUT2D eigenvalue weighted by molar-refractivity contribution is 0.00743. The molecule has 5 rings (SSSR count). The third kappa shape index (κ3) is 6.62. The molecular weight excluding hydrogens is 482 g/mol. The summed E-state index contributed by atoms with van der Waals surface area (Å²) in [7, 11) is 0. The maximum absolute atomic E-state index is 6.33. The fraction of sp³-hybridized carbons (Fsp3) is 0.355. The monoisotopic (exact) mass is 517 g/mol. The second-order valence-electron chi connectivity index (χ2n) is 9.15. The minimum atomic E-state index is -0.187. The normalized spacial score (nSPS) is 17.5. The molecule has 1 aliphatic heterocycles. The van der Waals surface area contributed by atoms with Gasteiger partial charge in [0, 0.05) is 11.1 Å². The van der Waals surface area contributed by atoms with Crippen LogP contribution in [0.2, 0.25) is 0 Å². The lowest BCUT2D eigenvalue weighted by atomic mass is 9.92. The van der Waals surface area contributed by atoms with Gasteiger partial charge in [0.1, 0.15) is 24.7 Å². The molecule has 4 aromatic rings. The van der Waals surface area contributed by atoms with Crippen molar-refractivity contribution in [2.75, 3.05) is 66.1 Å². The van der Waals surface area contributed by atoms with Crippen LogP contribution in [0.5, 0.6) is 11.5 Å². The van der Waals surface area contributed by atoms with E-state index < -0.39 is 0 Å². The number of rotatable bonds is 0. The Hall–Kier alpha value is -3.20. The van der Waals surface area contributed by atoms with E-state index in [0.717, 1.165) is 44.2 Å². The first-order valence-electron chi connectivity index (χ1n) is 13.2. The molecule has 0 aliphatic carbocycles. The summed E-state index contributed by atoms with van der Waals surface area (Å²) >= 11 is 0. The number of nitrogens with two attached hydrogens (primary N) is 1. The zero-order valence-electron chi connectivity index (χ0n) is 21.6. The van der Waals surface area contributed by atoms with Crippen LogP contribution < -0.4 is 15.2 Å². The minimum absolute atomic E-state index is 0.187. The molecule has 0 unspecified atom stereocenters. The summed E-state index contributed by atoms with van der Waals surface area (Å²) in [5, 5.41) is 4.47. The van der Waals surface area contributed by atoms with Crippen LogP contribution in [0.4, 0.5) is 0 Å². The summed E-state index contributed by atoms with van der Waals surface area (Å²) in [4.78, 5) is 0. The lowest BCUT2D eigenvalue weighted by Crippen LogP contribution is -2.32. The Morgan fingerprint density at radius 2 is 0.895 bits per heavy atom. The van der Waals surface area contributed by atoms with Crippen LogP contribution in [0.15, 0.2) is 72.8 Å². The molecule has 0 fully saturated rings. The van der Waals surface area contributed by atoms with Crippen molar-refractivity contribution in [2.45, 2.75) is 6.04 Å². The van der Waals surface area contributed by atoms with E-state index in [0.29, 0.717) is 66.1 Å². The fourth-order valence-corrected chi connectivity index (χ4v) is 4.64. The molecule has 7 heteroatoms. The zero-order valence-corrected chi connectivity index (χ0v) is 21.6. The Labute approximate surface area is 223 Å². The molecule has 4 aromatic carbocycles. The quantitative estimate of drug-likeness (QED) is 0.358. The van der Waals surface area contributed by atoms with Crippen molar-refractivity contribution in [1.82, 2.24) is 0 Å². The molecule has 0 saturated heterocycles. The molecular formula is C31H35NO6. The number of ether oxygens (including phenoxy) is 6. The summed E-state index contributed by atoms with van der Waals surface area (Å²) in [6.07, 6.45) is 0. The second-order valence-corrected chi connectivity index (χ2v) is 9.15. The predicted octanol–water partition coefficient (Wildman–Crippen LogP) is 4.82. The van der Waals surface area contributed by atoms with E-state index in [1.54, 1.807) is 0 Å². The van der Waals surface area contributed by atoms with Crippen molar-refractivity contribution >= 4 is 21.5 Å². The summed E-state index contributed by atoms with van der Waals surface area (Å²) < 4.78 is 35.4. The van der Waals surface area contributed by atoms with Crippen LogP contribution in [0, 0.1) is 0 Å². The molecule has 0 atom stereocenters. The van der Waals surface area contributed by atoms with Crippen molar-refractivity contribution < 1.29 is 28.4 Å². The van der Waals surface area contributed by atoms with Crippen LogP contribution in [-0.4, -0.2) is 72.1 Å². The van der Waals surface area contributed by atoms with E-state index in [2.05, 4.69) is 48.5 Å². The van der Waals surface area contributed by atoms with Gasteiger partial charge in [-0.15, -0.1) is 0 Å². The highest BCUT2D eigenvalue weighted by atomic mass is 16.6. The summed E-state index contributed by atoms with van der Waals surface area (Å²) in [6, 6.07) is 24.8. The van der Waals surface area contributed by atoms with Gasteiger partial charge in [0.25, 0.3) is 0 Å². The van der Waals surface area contributed by atoms with Crippen LogP contribution in [0.1, 0.15) is 0 Å². The maximum Gasteiger partial charge on any atom is 0.128 e. The van der Waals surface area contributed by atoms with E-state index in [9.17, 15) is 0 Å². The van der Waals surface area contributed by atoms with Crippen molar-refractivity contribution in [3.63, 3.8) is 0 Å². The number of hydrogen-bond donors (Lipinski definition) is 1. The van der Waals surface area contributed by atoms with Gasteiger partial charge >= 0.3 is 0 Å². The Morgan fingerprint density at radius 1 is 0.474 bits per heavy atom. The van der Waals surface area contributed by atoms with Crippen LogP contribution in [-0.2, 0) is 18.9 Å². The molecule has 0 amide bonds. The first-order chi connectivity index (χ1) is 18.8. The first-order valence-corrected chi connectivity index (χ1v) is 13.2. The van der Waals surface area contributed by atoms with Gasteiger partial charge in [-0.05, 0) is 33.7 Å². The molecule has 1 aliphatic rings. The van der Waals surface area contributed by atoms with Gasteiger partial charge in [-0.3, -0.25) is 0 Å². The third-order valence-electron chi connectivity index (χ3n) is 6.41. The summed E-state index contributed by atoms with van der Waals surface area (Å²) in [5.41, 5.74) is 8.05. The van der Waals surface area contributed by atoms with Gasteiger partial charge in [-0.25, -0.2) is 0 Å². The first kappa shape index (κ1) is 26.4. The highest BCUT2D eigenvalue weighted by Crippen LogP contribution is 2.45. The fourth-order valence-electron chi connectivity index (χ4n) is 4.64. The molecule has 0 bridgehead atoms. The minimum Gasteiger partial charge on any atom is -0.491 e. The Balaban J connectivity index is 1.49. The highest BCUT2D eigenvalue weighted by Gasteiger charge is 2.19. The smallest absolute Gasteiger partial charge is 0.128 e. The maximum atomic E-state index is 6.33. The van der Waals surface area contributed by atoms with Gasteiger partial charge < -0.3 is 34.2 Å². The average Bonchev–Trinajstić information content (AvgIpc) is 2.95. The van der Waals surface area contributed by atoms with Crippen LogP contribution >= 0.6 is 0 Å². The molecule has 0 aromatic heterocycles. The van der Waals surface area contributed by atoms with Crippen molar-refractivity contribution in [3.8, 4) is 22.6 Å². The predicted molar refractivity (Wildman–Crippen MR) is 149 cm³/mol. The second kappa shape index (κ2) is 13.6. The highest BCUT2D eigenvalue weighted by molar-refractivity contribution is 6.09. The number of fused-ring (bicyclic) bond motifs is 7. The number of benzene rings is 4. The zero-order chi connectivity index (χ0) is 26.0. The largest absolute Gasteiger partial charge is 0.491 e. The van der Waals surface area contributed by atoms with Crippen molar-refractivity contribution in [2.24, 2.45) is 5.73 Å². The molecule has 0 spiro atoms. The van der Waals surface area contributed by atoms with Gasteiger partial charge in [0.2, 0.25) is 0 Å². The van der Waals surface area contributed by atoms with Crippen molar-refractivity contribution in [3.05, 3.63) is 72.8 Å². The lowest BCUT2D eigenvalue weighted by Gasteiger charge is -2.20. The van der Waals surface area contributed by atoms with E-state index in [1.165, 1.54) is 0 Å². The Morgan fingerprint density at radius 3 is 1.39 bits per heavy atom. The van der Waals surface area contributed by atoms with E-state index in [1.807, 2.05) is 24.3 Å². The Bertz CT molecular complexity index is 1230. The molecule has 7 nitrogen and oxygen atoms in total. The van der Waals surface area contributed by atoms with Gasteiger partial charge in [0.15, 0.2) is 0 Å². The molecule has 1 heterocycles. The van der Waals surface area contributed by atoms with Gasteiger partial charge in [-0.2, -0.15) is 0 Å². The number of hydrogen-bond acceptors (Lipinski definition) is 7. The van der Waals surface area contributed by atoms with Crippen LogP contribution in [0.3, 0.4) is 0 Å². The topological polar surface area (TPSA) is 81.4 Å². The van der Waals surface area contributed by atoms with Gasteiger partial charge in [0.05, 0.1) is 58.9 Å². The SMILES string of the molecule is NC1COCCOCCOc2ccc3ccccc3c2-c2c(ccc3ccccc23)OCCOCCOC1. The summed E-state index contributed by atoms with van der Waals surface area (Å²) in [5.74, 6) is 1.57. The average molecular weight is 518 g/mol. The Kier molecular flexibility index (Phi) is 9.42. The van der Waals surface area contributed by atoms with Crippen molar-refractivity contribution in [1.29, 1.82) is 0 Å². The standard InChI is InChI=1S/C31H35NO6/c32-25-21-35-15-13-33-17-19-37-28-11-9-23-5-1-3-7-26(23)30(28)31-27-8-4-2-6-24(27)10-12-29(31)38-20-18-34-14-16-36-22-25/h1-12,25H,13-22,32H2. The summed E-state index contributed by atoms with van der Waals surface area (Å²) in [6.45, 7) is 4.42.